The first-order chi connectivity index (χ1) is 24.4. The number of rotatable bonds is 6. The van der Waals surface area contributed by atoms with Crippen LogP contribution >= 0.6 is 0 Å². The lowest BCUT2D eigenvalue weighted by molar-refractivity contribution is -0.277. The van der Waals surface area contributed by atoms with E-state index in [0.717, 1.165) is 24.3 Å². The van der Waals surface area contributed by atoms with Crippen molar-refractivity contribution in [3.05, 3.63) is 95.1 Å². The molecule has 3 aliphatic rings. The number of phenolic OH excluding ortho intramolecular Hbond substituents is 5. The minimum Gasteiger partial charge on any atom is -0.508 e. The normalized spacial score (nSPS) is 28.6. The van der Waals surface area contributed by atoms with Crippen molar-refractivity contribution in [2.75, 3.05) is 6.61 Å². The fraction of sp³-hybridized carbons (Fsp3) is 0.278. The number of benzene rings is 4. The molecule has 0 saturated carbocycles. The molecule has 0 aliphatic carbocycles. The predicted molar refractivity (Wildman–Crippen MR) is 171 cm³/mol. The van der Waals surface area contributed by atoms with Crippen LogP contribution in [0.5, 0.6) is 46.0 Å². The highest BCUT2D eigenvalue weighted by Crippen LogP contribution is 2.54. The highest BCUT2D eigenvalue weighted by atomic mass is 16.7. The van der Waals surface area contributed by atoms with Gasteiger partial charge in [0, 0.05) is 24.3 Å². The van der Waals surface area contributed by atoms with E-state index in [-0.39, 0.29) is 34.1 Å². The molecule has 1 fully saturated rings. The van der Waals surface area contributed by atoms with Crippen molar-refractivity contribution >= 4 is 11.6 Å². The first-order valence-corrected chi connectivity index (χ1v) is 15.8. The largest absolute Gasteiger partial charge is 0.508 e. The van der Waals surface area contributed by atoms with E-state index in [2.05, 4.69) is 0 Å². The number of ketones is 2. The fourth-order valence-electron chi connectivity index (χ4n) is 6.83. The summed E-state index contributed by atoms with van der Waals surface area (Å²) in [4.78, 5) is 29.6. The highest BCUT2D eigenvalue weighted by Gasteiger charge is 2.54. The third-order valence-electron chi connectivity index (χ3n) is 9.30. The molecule has 0 spiro atoms. The number of aromatic hydroxyl groups is 5. The summed E-state index contributed by atoms with van der Waals surface area (Å²) >= 11 is 0. The lowest BCUT2D eigenvalue weighted by atomic mass is 9.69. The Balaban J connectivity index is 1.40. The van der Waals surface area contributed by atoms with Crippen molar-refractivity contribution in [3.8, 4) is 46.0 Å². The Bertz CT molecular complexity index is 1980. The van der Waals surface area contributed by atoms with Gasteiger partial charge in [-0.05, 0) is 35.4 Å². The highest BCUT2D eigenvalue weighted by molar-refractivity contribution is 6.11. The van der Waals surface area contributed by atoms with E-state index in [1.807, 2.05) is 0 Å². The van der Waals surface area contributed by atoms with E-state index < -0.39 is 95.9 Å². The molecule has 0 aromatic heterocycles. The standard InChI is InChI=1S/C36H32O15/c37-13-24-29(43)32(46)33(47)36(51-24)50-23-12-19(41)11-22-26(23)31(45)28(35(49-22)15-3-7-17(39)8-4-15)27-30(44)25-20(42)9-18(40)10-21(25)48-34(27)14-1-5-16(38)6-2-14/h1-12,24,27-29,32-43,46-47H,13H2. The van der Waals surface area contributed by atoms with Gasteiger partial charge in [0.2, 0.25) is 6.29 Å². The molecule has 4 aromatic carbocycles. The molecular weight excluding hydrogens is 672 g/mol. The van der Waals surface area contributed by atoms with Crippen molar-refractivity contribution in [2.45, 2.75) is 42.9 Å². The molecule has 0 amide bonds. The monoisotopic (exact) mass is 704 g/mol. The lowest BCUT2D eigenvalue weighted by Gasteiger charge is -2.43. The van der Waals surface area contributed by atoms with E-state index in [9.17, 15) is 50.8 Å². The number of aliphatic hydroxyl groups excluding tert-OH is 4. The zero-order valence-electron chi connectivity index (χ0n) is 26.3. The topological polar surface area (TPSA) is 253 Å². The van der Waals surface area contributed by atoms with Gasteiger partial charge in [0.25, 0.3) is 0 Å². The maximum absolute atomic E-state index is 15.0. The number of hydrogen-bond donors (Lipinski definition) is 9. The third-order valence-corrected chi connectivity index (χ3v) is 9.30. The predicted octanol–water partition coefficient (Wildman–Crippen LogP) is 1.96. The summed E-state index contributed by atoms with van der Waals surface area (Å²) in [5.74, 6) is -7.02. The average molecular weight is 705 g/mol. The number of phenols is 5. The van der Waals surface area contributed by atoms with Crippen molar-refractivity contribution in [3.63, 3.8) is 0 Å². The summed E-state index contributed by atoms with van der Waals surface area (Å²) < 4.78 is 23.9. The van der Waals surface area contributed by atoms with Gasteiger partial charge in [-0.3, -0.25) is 9.59 Å². The second-order valence-electron chi connectivity index (χ2n) is 12.5. The molecule has 3 aliphatic heterocycles. The first kappa shape index (κ1) is 33.9. The Labute approximate surface area is 288 Å². The van der Waals surface area contributed by atoms with Gasteiger partial charge >= 0.3 is 0 Å². The molecule has 3 heterocycles. The van der Waals surface area contributed by atoms with Crippen LogP contribution in [0.15, 0.2) is 72.8 Å². The number of hydrogen-bond acceptors (Lipinski definition) is 15. The zero-order chi connectivity index (χ0) is 36.3. The quantitative estimate of drug-likeness (QED) is 0.139. The number of ether oxygens (including phenoxy) is 4. The minimum atomic E-state index is -1.89. The second-order valence-corrected chi connectivity index (χ2v) is 12.5. The molecule has 0 radical (unpaired) electrons. The summed E-state index contributed by atoms with van der Waals surface area (Å²) in [7, 11) is 0. The van der Waals surface area contributed by atoms with E-state index in [4.69, 9.17) is 18.9 Å². The Morgan fingerprint density at radius 1 is 0.588 bits per heavy atom. The van der Waals surface area contributed by atoms with Crippen molar-refractivity contribution in [2.24, 2.45) is 11.8 Å². The van der Waals surface area contributed by atoms with Crippen LogP contribution < -0.4 is 14.2 Å². The van der Waals surface area contributed by atoms with Gasteiger partial charge in [-0.25, -0.2) is 0 Å². The molecule has 7 rings (SSSR count). The molecule has 51 heavy (non-hydrogen) atoms. The van der Waals surface area contributed by atoms with Gasteiger partial charge in [-0.1, -0.05) is 24.3 Å². The van der Waals surface area contributed by atoms with Crippen LogP contribution in [0.1, 0.15) is 44.1 Å². The van der Waals surface area contributed by atoms with Crippen molar-refractivity contribution in [1.82, 2.24) is 0 Å². The van der Waals surface area contributed by atoms with E-state index in [1.54, 1.807) is 0 Å². The van der Waals surface area contributed by atoms with Crippen LogP contribution in [-0.2, 0) is 4.74 Å². The number of Topliss-reactive ketones (excluding diaryl/α,β-unsaturated/α-hetero) is 2. The molecule has 4 aromatic rings. The van der Waals surface area contributed by atoms with Crippen LogP contribution in [0, 0.1) is 11.8 Å². The van der Waals surface area contributed by atoms with Crippen LogP contribution in [0.25, 0.3) is 0 Å². The number of carbonyl (C=O) groups excluding carboxylic acids is 2. The van der Waals surface area contributed by atoms with Crippen molar-refractivity contribution < 1.29 is 74.5 Å². The third kappa shape index (κ3) is 5.90. The Kier molecular flexibility index (Phi) is 8.61. The van der Waals surface area contributed by atoms with Crippen LogP contribution in [0.3, 0.4) is 0 Å². The lowest BCUT2D eigenvalue weighted by Crippen LogP contribution is -2.60. The smallest absolute Gasteiger partial charge is 0.229 e. The molecule has 266 valence electrons. The average Bonchev–Trinajstić information content (AvgIpc) is 3.09. The maximum atomic E-state index is 15.0. The summed E-state index contributed by atoms with van der Waals surface area (Å²) in [6.07, 6.45) is -11.1. The molecule has 9 atom stereocenters. The van der Waals surface area contributed by atoms with E-state index >= 15 is 4.79 Å². The molecule has 1 saturated heterocycles. The van der Waals surface area contributed by atoms with Gasteiger partial charge in [0.15, 0.2) is 11.6 Å². The Hall–Kier alpha value is -5.58. The van der Waals surface area contributed by atoms with Gasteiger partial charge in [-0.2, -0.15) is 0 Å². The molecule has 9 N–H and O–H groups in total. The second kappa shape index (κ2) is 12.9. The SMILES string of the molecule is O=C1c2c(O)cc(O)cc2OC(c2ccc(O)cc2)C1C1C(=O)c2c(OC3OC(CO)C(O)C(O)C3O)cc(O)cc2OC1c1ccc(O)cc1. The number of fused-ring (bicyclic) bond motifs is 2. The van der Waals surface area contributed by atoms with Gasteiger partial charge in [0.1, 0.15) is 93.7 Å². The fourth-order valence-corrected chi connectivity index (χ4v) is 6.83. The van der Waals surface area contributed by atoms with Crippen LogP contribution in [0.4, 0.5) is 0 Å². The number of carbonyl (C=O) groups is 2. The summed E-state index contributed by atoms with van der Waals surface area (Å²) in [6, 6.07) is 15.5. The van der Waals surface area contributed by atoms with E-state index in [0.29, 0.717) is 11.1 Å². The van der Waals surface area contributed by atoms with E-state index in [1.165, 1.54) is 48.5 Å². The molecule has 15 heteroatoms. The molecule has 9 unspecified atom stereocenters. The Morgan fingerprint density at radius 2 is 1.08 bits per heavy atom. The molecule has 15 nitrogen and oxygen atoms in total. The molecule has 0 bridgehead atoms. The van der Waals surface area contributed by atoms with Gasteiger partial charge in [0.05, 0.1) is 18.4 Å². The summed E-state index contributed by atoms with van der Waals surface area (Å²) in [6.45, 7) is -0.768. The van der Waals surface area contributed by atoms with Crippen LogP contribution in [0.2, 0.25) is 0 Å². The Morgan fingerprint density at radius 3 is 1.61 bits per heavy atom. The van der Waals surface area contributed by atoms with Gasteiger partial charge < -0.3 is 64.9 Å². The molecular formula is C36H32O15. The van der Waals surface area contributed by atoms with Crippen LogP contribution in [-0.4, -0.2) is 94.8 Å². The maximum Gasteiger partial charge on any atom is 0.229 e. The van der Waals surface area contributed by atoms with Gasteiger partial charge in [-0.15, -0.1) is 0 Å². The number of aliphatic hydroxyl groups is 4. The van der Waals surface area contributed by atoms with Crippen molar-refractivity contribution in [1.29, 1.82) is 0 Å². The summed E-state index contributed by atoms with van der Waals surface area (Å²) in [5, 5.41) is 92.7. The summed E-state index contributed by atoms with van der Waals surface area (Å²) in [5.41, 5.74) is 0.00265. The minimum absolute atomic E-state index is 0.101. The first-order valence-electron chi connectivity index (χ1n) is 15.8. The zero-order valence-corrected chi connectivity index (χ0v) is 26.3.